The van der Waals surface area contributed by atoms with E-state index in [1.54, 1.807) is 0 Å². The monoisotopic (exact) mass is 326 g/mol. The van der Waals surface area contributed by atoms with E-state index in [4.69, 9.17) is 21.1 Å². The Morgan fingerprint density at radius 3 is 2.95 bits per heavy atom. The highest BCUT2D eigenvalue weighted by Gasteiger charge is 2.56. The largest absolute Gasteiger partial charge is 0.469 e. The highest BCUT2D eigenvalue weighted by atomic mass is 35.5. The molecule has 4 atom stereocenters. The van der Waals surface area contributed by atoms with E-state index in [9.17, 15) is 4.79 Å². The van der Waals surface area contributed by atoms with Crippen molar-refractivity contribution in [1.82, 2.24) is 0 Å². The van der Waals surface area contributed by atoms with Crippen LogP contribution in [0.25, 0.3) is 0 Å². The van der Waals surface area contributed by atoms with Crippen molar-refractivity contribution in [3.63, 3.8) is 0 Å². The van der Waals surface area contributed by atoms with E-state index in [2.05, 4.69) is 6.92 Å². The summed E-state index contributed by atoms with van der Waals surface area (Å²) in [5, 5.41) is 0. The fraction of sp³-hybridized carbons (Fsp3) is 0.833. The molecule has 1 fully saturated rings. The molecular weight excluding hydrogens is 300 g/mol. The summed E-state index contributed by atoms with van der Waals surface area (Å²) in [4.78, 5) is 13.0. The van der Waals surface area contributed by atoms with Crippen molar-refractivity contribution in [2.75, 3.05) is 12.5 Å². The number of ether oxygens (including phenoxy) is 2. The second-order valence-electron chi connectivity index (χ2n) is 7.08. The van der Waals surface area contributed by atoms with Crippen molar-refractivity contribution in [1.29, 1.82) is 0 Å². The first kappa shape index (κ1) is 16.3. The zero-order valence-corrected chi connectivity index (χ0v) is 14.5. The van der Waals surface area contributed by atoms with Crippen LogP contribution in [0.3, 0.4) is 0 Å². The van der Waals surface area contributed by atoms with Gasteiger partial charge in [-0.15, -0.1) is 11.6 Å². The van der Waals surface area contributed by atoms with Crippen LogP contribution in [0.2, 0.25) is 0 Å². The number of carbonyl (C=O) groups excluding carboxylic acids is 1. The van der Waals surface area contributed by atoms with E-state index in [-0.39, 0.29) is 11.7 Å². The Kier molecular flexibility index (Phi) is 4.84. The maximum absolute atomic E-state index is 13.0. The van der Waals surface area contributed by atoms with E-state index in [1.165, 1.54) is 5.57 Å². The predicted octanol–water partition coefficient (Wildman–Crippen LogP) is 4.44. The Balaban J connectivity index is 1.90. The number of hydrogen-bond donors (Lipinski definition) is 0. The molecule has 1 heterocycles. The second-order valence-corrected chi connectivity index (χ2v) is 7.45. The Morgan fingerprint density at radius 1 is 1.41 bits per heavy atom. The molecule has 22 heavy (non-hydrogen) atoms. The van der Waals surface area contributed by atoms with Gasteiger partial charge in [-0.05, 0) is 50.0 Å². The highest BCUT2D eigenvalue weighted by Crippen LogP contribution is 2.59. The van der Waals surface area contributed by atoms with Crippen LogP contribution in [-0.2, 0) is 14.3 Å². The smallest absolute Gasteiger partial charge is 0.199 e. The summed E-state index contributed by atoms with van der Waals surface area (Å²) in [5.41, 5.74) is 1.02. The molecule has 0 aromatic heterocycles. The van der Waals surface area contributed by atoms with Crippen LogP contribution in [0.5, 0.6) is 0 Å². The fourth-order valence-corrected chi connectivity index (χ4v) is 5.00. The third-order valence-corrected chi connectivity index (χ3v) is 5.95. The molecule has 3 rings (SSSR count). The van der Waals surface area contributed by atoms with Crippen molar-refractivity contribution in [2.24, 2.45) is 17.3 Å². The number of fused-ring (bicyclic) bond motifs is 2. The van der Waals surface area contributed by atoms with Crippen molar-refractivity contribution in [3.05, 3.63) is 11.3 Å². The molecule has 4 heteroatoms. The van der Waals surface area contributed by atoms with Gasteiger partial charge >= 0.3 is 0 Å². The number of Topliss-reactive ketones (excluding diaryl/α,β-unsaturated/α-hetero) is 1. The summed E-state index contributed by atoms with van der Waals surface area (Å²) in [6.45, 7) is 4.86. The lowest BCUT2D eigenvalue weighted by molar-refractivity contribution is -0.135. The van der Waals surface area contributed by atoms with Crippen LogP contribution in [0.1, 0.15) is 58.8 Å². The third-order valence-electron chi connectivity index (χ3n) is 5.68. The summed E-state index contributed by atoms with van der Waals surface area (Å²) in [6.07, 6.45) is 6.24. The molecule has 124 valence electrons. The lowest BCUT2D eigenvalue weighted by Gasteiger charge is -2.43. The normalized spacial score (nSPS) is 37.8. The van der Waals surface area contributed by atoms with Gasteiger partial charge in [-0.25, -0.2) is 0 Å². The Labute approximate surface area is 138 Å². The molecule has 1 unspecified atom stereocenters. The maximum atomic E-state index is 13.0. The topological polar surface area (TPSA) is 35.5 Å². The first-order chi connectivity index (χ1) is 10.6. The van der Waals surface area contributed by atoms with Crippen molar-refractivity contribution >= 4 is 17.4 Å². The first-order valence-electron chi connectivity index (χ1n) is 8.71. The van der Waals surface area contributed by atoms with Crippen LogP contribution >= 0.6 is 11.6 Å². The Bertz CT molecular complexity index is 473. The molecule has 0 spiro atoms. The Hall–Kier alpha value is -0.540. The maximum Gasteiger partial charge on any atom is 0.199 e. The summed E-state index contributed by atoms with van der Waals surface area (Å²) in [5.74, 6) is 3.03. The van der Waals surface area contributed by atoms with Gasteiger partial charge in [0.25, 0.3) is 0 Å². The van der Waals surface area contributed by atoms with Crippen molar-refractivity contribution in [3.8, 4) is 0 Å². The minimum absolute atomic E-state index is 0.124. The SMILES string of the molecule is CCOC1CCC2=C(C[C@@H]3C[C@@H](C)CC(=O)[C@]23CCCCl)O1. The van der Waals surface area contributed by atoms with Gasteiger partial charge in [0.15, 0.2) is 6.29 Å². The molecular formula is C18H27ClO3. The quantitative estimate of drug-likeness (QED) is 0.701. The molecule has 0 N–H and O–H groups in total. The predicted molar refractivity (Wildman–Crippen MR) is 86.7 cm³/mol. The van der Waals surface area contributed by atoms with Gasteiger partial charge in [0.1, 0.15) is 11.5 Å². The van der Waals surface area contributed by atoms with E-state index < -0.39 is 0 Å². The molecule has 0 bridgehead atoms. The molecule has 1 saturated carbocycles. The molecule has 2 aliphatic carbocycles. The molecule has 3 aliphatic rings. The molecule has 0 aromatic carbocycles. The number of halogens is 1. The highest BCUT2D eigenvalue weighted by molar-refractivity contribution is 6.17. The number of rotatable bonds is 5. The van der Waals surface area contributed by atoms with Gasteiger partial charge in [0.05, 0.1) is 5.41 Å². The van der Waals surface area contributed by atoms with Crippen molar-refractivity contribution in [2.45, 2.75) is 65.1 Å². The summed E-state index contributed by atoms with van der Waals surface area (Å²) < 4.78 is 11.7. The standard InChI is InChI=1S/C18H27ClO3/c1-3-21-17-6-5-14-15(22-17)11-13-9-12(2)10-16(20)18(13,14)7-4-8-19/h12-13,17H,3-11H2,1-2H3/t12-,13+,17?,18+/m1/s1. The zero-order valence-electron chi connectivity index (χ0n) is 13.7. The summed E-state index contributed by atoms with van der Waals surface area (Å²) in [6, 6.07) is 0. The minimum atomic E-state index is -0.270. The fourth-order valence-electron chi connectivity index (χ4n) is 4.87. The zero-order chi connectivity index (χ0) is 15.7. The van der Waals surface area contributed by atoms with E-state index in [0.29, 0.717) is 36.5 Å². The number of alkyl halides is 1. The average Bonchev–Trinajstić information content (AvgIpc) is 2.79. The second kappa shape index (κ2) is 6.52. The van der Waals surface area contributed by atoms with Crippen LogP contribution in [0, 0.1) is 17.3 Å². The summed E-state index contributed by atoms with van der Waals surface area (Å²) in [7, 11) is 0. The number of ketones is 1. The number of allylic oxidation sites excluding steroid dienone is 2. The molecule has 1 aliphatic heterocycles. The van der Waals surface area contributed by atoms with E-state index in [0.717, 1.165) is 44.3 Å². The average molecular weight is 327 g/mol. The van der Waals surface area contributed by atoms with Crippen LogP contribution in [-0.4, -0.2) is 24.6 Å². The van der Waals surface area contributed by atoms with Gasteiger partial charge in [-0.2, -0.15) is 0 Å². The van der Waals surface area contributed by atoms with Gasteiger partial charge < -0.3 is 9.47 Å². The first-order valence-corrected chi connectivity index (χ1v) is 9.25. The van der Waals surface area contributed by atoms with Crippen LogP contribution < -0.4 is 0 Å². The van der Waals surface area contributed by atoms with Crippen molar-refractivity contribution < 1.29 is 14.3 Å². The molecule has 3 nitrogen and oxygen atoms in total. The lowest BCUT2D eigenvalue weighted by atomic mass is 9.59. The minimum Gasteiger partial charge on any atom is -0.469 e. The van der Waals surface area contributed by atoms with Gasteiger partial charge in [-0.3, -0.25) is 4.79 Å². The molecule has 0 amide bonds. The number of carbonyl (C=O) groups is 1. The Morgan fingerprint density at radius 2 is 2.23 bits per heavy atom. The third kappa shape index (κ3) is 2.60. The molecule has 0 aromatic rings. The number of hydrogen-bond acceptors (Lipinski definition) is 3. The van der Waals surface area contributed by atoms with E-state index in [1.807, 2.05) is 6.92 Å². The van der Waals surface area contributed by atoms with Gasteiger partial charge in [0, 0.05) is 31.7 Å². The molecule has 0 radical (unpaired) electrons. The summed E-state index contributed by atoms with van der Waals surface area (Å²) >= 11 is 5.95. The van der Waals surface area contributed by atoms with Gasteiger partial charge in [0.2, 0.25) is 0 Å². The van der Waals surface area contributed by atoms with Gasteiger partial charge in [-0.1, -0.05) is 6.92 Å². The molecule has 0 saturated heterocycles. The van der Waals surface area contributed by atoms with Crippen LogP contribution in [0.4, 0.5) is 0 Å². The lowest BCUT2D eigenvalue weighted by Crippen LogP contribution is -2.43. The van der Waals surface area contributed by atoms with Crippen LogP contribution in [0.15, 0.2) is 11.3 Å². The van der Waals surface area contributed by atoms with E-state index >= 15 is 0 Å².